The summed E-state index contributed by atoms with van der Waals surface area (Å²) >= 11 is 0. The molecule has 0 amide bonds. The maximum absolute atomic E-state index is 12.4. The van der Waals surface area contributed by atoms with Crippen molar-refractivity contribution in [3.05, 3.63) is 29.8 Å². The molecule has 0 aliphatic carbocycles. The third-order valence-electron chi connectivity index (χ3n) is 3.98. The second-order valence-corrected chi connectivity index (χ2v) is 5.13. The number of benzene rings is 1. The molecule has 1 aliphatic heterocycles. The molecule has 1 fully saturated rings. The van der Waals surface area contributed by atoms with Gasteiger partial charge >= 0.3 is 0 Å². The van der Waals surface area contributed by atoms with E-state index in [0.29, 0.717) is 5.69 Å². The summed E-state index contributed by atoms with van der Waals surface area (Å²) in [5.74, 6) is 0.185. The van der Waals surface area contributed by atoms with Crippen molar-refractivity contribution >= 4 is 11.5 Å². The molecule has 1 aromatic rings. The van der Waals surface area contributed by atoms with Crippen LogP contribution in [0.15, 0.2) is 24.3 Å². The number of hydrogen-bond acceptors (Lipinski definition) is 4. The Labute approximate surface area is 115 Å². The lowest BCUT2D eigenvalue weighted by Gasteiger charge is -2.37. The van der Waals surface area contributed by atoms with Crippen LogP contribution in [0.25, 0.3) is 0 Å². The van der Waals surface area contributed by atoms with E-state index in [4.69, 9.17) is 5.73 Å². The Kier molecular flexibility index (Phi) is 4.56. The van der Waals surface area contributed by atoms with Gasteiger partial charge in [-0.3, -0.25) is 9.69 Å². The van der Waals surface area contributed by atoms with Gasteiger partial charge in [-0.25, -0.2) is 0 Å². The minimum Gasteiger partial charge on any atom is -0.399 e. The molecule has 1 saturated heterocycles. The van der Waals surface area contributed by atoms with Crippen molar-refractivity contribution in [1.82, 2.24) is 9.80 Å². The van der Waals surface area contributed by atoms with Crippen molar-refractivity contribution in [2.45, 2.75) is 19.9 Å². The van der Waals surface area contributed by atoms with Crippen molar-refractivity contribution in [1.29, 1.82) is 0 Å². The molecule has 4 nitrogen and oxygen atoms in total. The summed E-state index contributed by atoms with van der Waals surface area (Å²) in [5, 5.41) is 0. The first-order valence-corrected chi connectivity index (χ1v) is 6.98. The highest BCUT2D eigenvalue weighted by atomic mass is 16.1. The largest absolute Gasteiger partial charge is 0.399 e. The second-order valence-electron chi connectivity index (χ2n) is 5.13. The molecule has 1 aromatic carbocycles. The van der Waals surface area contributed by atoms with E-state index in [-0.39, 0.29) is 11.8 Å². The van der Waals surface area contributed by atoms with Crippen LogP contribution in [0.3, 0.4) is 0 Å². The number of likely N-dealkylation sites (N-methyl/N-ethyl adjacent to an activating group) is 1. The molecule has 1 unspecified atom stereocenters. The van der Waals surface area contributed by atoms with Crippen LogP contribution < -0.4 is 5.73 Å². The van der Waals surface area contributed by atoms with E-state index in [0.717, 1.165) is 38.3 Å². The quantitative estimate of drug-likeness (QED) is 0.659. The van der Waals surface area contributed by atoms with E-state index in [9.17, 15) is 4.79 Å². The van der Waals surface area contributed by atoms with Gasteiger partial charge in [-0.15, -0.1) is 0 Å². The average molecular weight is 261 g/mol. The minimum atomic E-state index is -0.0531. The van der Waals surface area contributed by atoms with E-state index in [1.807, 2.05) is 19.1 Å². The number of Topliss-reactive ketones (excluding diaryl/α,β-unsaturated/α-hetero) is 1. The number of anilines is 1. The van der Waals surface area contributed by atoms with Gasteiger partial charge in [0.2, 0.25) is 0 Å². The highest BCUT2D eigenvalue weighted by Crippen LogP contribution is 2.13. The molecule has 104 valence electrons. The Morgan fingerprint density at radius 2 is 1.79 bits per heavy atom. The Hall–Kier alpha value is -1.39. The number of carbonyl (C=O) groups excluding carboxylic acids is 1. The fourth-order valence-corrected chi connectivity index (χ4v) is 2.52. The first-order chi connectivity index (χ1) is 9.11. The molecular weight excluding hydrogens is 238 g/mol. The van der Waals surface area contributed by atoms with Crippen molar-refractivity contribution in [2.24, 2.45) is 0 Å². The summed E-state index contributed by atoms with van der Waals surface area (Å²) in [4.78, 5) is 17.1. The van der Waals surface area contributed by atoms with Crippen LogP contribution in [-0.4, -0.2) is 54.3 Å². The summed E-state index contributed by atoms with van der Waals surface area (Å²) in [6.45, 7) is 9.31. The lowest BCUT2D eigenvalue weighted by atomic mass is 10.0. The number of carbonyl (C=O) groups is 1. The van der Waals surface area contributed by atoms with Crippen LogP contribution in [0.2, 0.25) is 0 Å². The molecule has 0 bridgehead atoms. The summed E-state index contributed by atoms with van der Waals surface area (Å²) in [5.41, 5.74) is 7.09. The van der Waals surface area contributed by atoms with Gasteiger partial charge in [-0.1, -0.05) is 6.92 Å². The predicted molar refractivity (Wildman–Crippen MR) is 78.3 cm³/mol. The number of nitrogen functional groups attached to an aromatic ring is 1. The first-order valence-electron chi connectivity index (χ1n) is 6.98. The van der Waals surface area contributed by atoms with Crippen molar-refractivity contribution < 1.29 is 4.79 Å². The topological polar surface area (TPSA) is 49.6 Å². The third kappa shape index (κ3) is 3.33. The van der Waals surface area contributed by atoms with Crippen LogP contribution in [0.5, 0.6) is 0 Å². The van der Waals surface area contributed by atoms with Crippen LogP contribution >= 0.6 is 0 Å². The Balaban J connectivity index is 1.98. The van der Waals surface area contributed by atoms with Crippen molar-refractivity contribution in [3.63, 3.8) is 0 Å². The van der Waals surface area contributed by atoms with Crippen LogP contribution in [-0.2, 0) is 0 Å². The molecule has 1 heterocycles. The first kappa shape index (κ1) is 14.0. The maximum Gasteiger partial charge on any atom is 0.179 e. The van der Waals surface area contributed by atoms with Gasteiger partial charge in [0, 0.05) is 37.4 Å². The number of nitrogens with zero attached hydrogens (tertiary/aromatic N) is 2. The lowest BCUT2D eigenvalue weighted by molar-refractivity contribution is 0.0710. The molecule has 2 N–H and O–H groups in total. The van der Waals surface area contributed by atoms with E-state index in [1.54, 1.807) is 12.1 Å². The summed E-state index contributed by atoms with van der Waals surface area (Å²) in [6.07, 6.45) is 0. The normalized spacial score (nSPS) is 19.3. The summed E-state index contributed by atoms with van der Waals surface area (Å²) in [7, 11) is 0. The van der Waals surface area contributed by atoms with Crippen LogP contribution in [0, 0.1) is 0 Å². The van der Waals surface area contributed by atoms with Crippen LogP contribution in [0.4, 0.5) is 5.69 Å². The third-order valence-corrected chi connectivity index (χ3v) is 3.98. The van der Waals surface area contributed by atoms with E-state index >= 15 is 0 Å². The van der Waals surface area contributed by atoms with E-state index < -0.39 is 0 Å². The van der Waals surface area contributed by atoms with Gasteiger partial charge in [0.05, 0.1) is 6.04 Å². The number of piperazine rings is 1. The second kappa shape index (κ2) is 6.17. The molecule has 19 heavy (non-hydrogen) atoms. The zero-order chi connectivity index (χ0) is 13.8. The Morgan fingerprint density at radius 1 is 1.21 bits per heavy atom. The van der Waals surface area contributed by atoms with Gasteiger partial charge in [0.1, 0.15) is 0 Å². The maximum atomic E-state index is 12.4. The highest BCUT2D eigenvalue weighted by molar-refractivity contribution is 6.00. The molecule has 0 spiro atoms. The van der Waals surface area contributed by atoms with Gasteiger partial charge in [0.25, 0.3) is 0 Å². The standard InChI is InChI=1S/C15H23N3O/c1-3-17-8-10-18(11-9-17)12(2)15(19)13-4-6-14(16)7-5-13/h4-7,12H,3,8-11,16H2,1-2H3. The average Bonchev–Trinajstić information content (AvgIpc) is 2.46. The number of ketones is 1. The smallest absolute Gasteiger partial charge is 0.179 e. The molecule has 0 saturated carbocycles. The molecule has 0 radical (unpaired) electrons. The van der Waals surface area contributed by atoms with E-state index in [2.05, 4.69) is 16.7 Å². The van der Waals surface area contributed by atoms with Crippen molar-refractivity contribution in [2.75, 3.05) is 38.5 Å². The predicted octanol–water partition coefficient (Wildman–Crippen LogP) is 1.48. The Morgan fingerprint density at radius 3 is 2.32 bits per heavy atom. The van der Waals surface area contributed by atoms with Gasteiger partial charge in [0.15, 0.2) is 5.78 Å². The van der Waals surface area contributed by atoms with Crippen molar-refractivity contribution in [3.8, 4) is 0 Å². The fourth-order valence-electron chi connectivity index (χ4n) is 2.52. The summed E-state index contributed by atoms with van der Waals surface area (Å²) < 4.78 is 0. The van der Waals surface area contributed by atoms with Crippen LogP contribution in [0.1, 0.15) is 24.2 Å². The molecular formula is C15H23N3O. The Bertz CT molecular complexity index is 422. The fraction of sp³-hybridized carbons (Fsp3) is 0.533. The summed E-state index contributed by atoms with van der Waals surface area (Å²) in [6, 6.07) is 7.15. The lowest BCUT2D eigenvalue weighted by Crippen LogP contribution is -2.51. The highest BCUT2D eigenvalue weighted by Gasteiger charge is 2.25. The number of hydrogen-bond donors (Lipinski definition) is 1. The molecule has 1 atom stereocenters. The van der Waals surface area contributed by atoms with E-state index in [1.165, 1.54) is 0 Å². The zero-order valence-corrected chi connectivity index (χ0v) is 11.8. The molecule has 2 rings (SSSR count). The SMILES string of the molecule is CCN1CCN(C(C)C(=O)c2ccc(N)cc2)CC1. The number of rotatable bonds is 4. The number of nitrogens with two attached hydrogens (primary N) is 1. The minimum absolute atomic E-state index is 0.0531. The zero-order valence-electron chi connectivity index (χ0n) is 11.8. The molecule has 1 aliphatic rings. The molecule has 0 aromatic heterocycles. The molecule has 4 heteroatoms. The van der Waals surface area contributed by atoms with Gasteiger partial charge in [-0.05, 0) is 37.7 Å². The monoisotopic (exact) mass is 261 g/mol. The van der Waals surface area contributed by atoms with Gasteiger partial charge in [-0.2, -0.15) is 0 Å². The van der Waals surface area contributed by atoms with Gasteiger partial charge < -0.3 is 10.6 Å².